The van der Waals surface area contributed by atoms with Gasteiger partial charge in [0.25, 0.3) is 0 Å². The highest BCUT2D eigenvalue weighted by Crippen LogP contribution is 2.33. The van der Waals surface area contributed by atoms with E-state index in [2.05, 4.69) is 34.3 Å². The number of hydrogen-bond acceptors (Lipinski definition) is 6. The number of alkyl halides is 3. The van der Waals surface area contributed by atoms with E-state index in [0.29, 0.717) is 31.9 Å². The zero-order valence-corrected chi connectivity index (χ0v) is 18.2. The zero-order chi connectivity index (χ0) is 21.0. The lowest BCUT2D eigenvalue weighted by molar-refractivity contribution is -0.137. The zero-order valence-electron chi connectivity index (χ0n) is 17.3. The van der Waals surface area contributed by atoms with E-state index in [-0.39, 0.29) is 24.4 Å². The number of anilines is 1. The van der Waals surface area contributed by atoms with Crippen LogP contribution in [0.5, 0.6) is 0 Å². The molecule has 7 nitrogen and oxygen atoms in total. The van der Waals surface area contributed by atoms with Crippen molar-refractivity contribution in [2.24, 2.45) is 5.92 Å². The fraction of sp³-hybridized carbons (Fsp3) is 0.632. The molecule has 1 aromatic carbocycles. The Kier molecular flexibility index (Phi) is 8.45. The first-order chi connectivity index (χ1) is 13.8. The summed E-state index contributed by atoms with van der Waals surface area (Å²) in [5.41, 5.74) is -0.0136. The Morgan fingerprint density at radius 1 is 1.13 bits per heavy atom. The molecule has 30 heavy (non-hydrogen) atoms. The summed E-state index contributed by atoms with van der Waals surface area (Å²) in [6.07, 6.45) is -4.33. The number of aromatic nitrogens is 4. The van der Waals surface area contributed by atoms with Gasteiger partial charge in [-0.25, -0.2) is 4.68 Å². The molecule has 0 bridgehead atoms. The van der Waals surface area contributed by atoms with Crippen LogP contribution in [0.3, 0.4) is 0 Å². The summed E-state index contributed by atoms with van der Waals surface area (Å²) in [5, 5.41) is 12.2. The number of hydrogen-bond donors (Lipinski definition) is 0. The Balaban J connectivity index is 0.00000320. The molecule has 168 valence electrons. The van der Waals surface area contributed by atoms with E-state index in [4.69, 9.17) is 4.74 Å². The monoisotopic (exact) mass is 448 g/mol. The minimum Gasteiger partial charge on any atom is -0.383 e. The van der Waals surface area contributed by atoms with Crippen molar-refractivity contribution < 1.29 is 17.9 Å². The molecule has 1 aromatic heterocycles. The molecule has 0 amide bonds. The third-order valence-electron chi connectivity index (χ3n) is 5.21. The van der Waals surface area contributed by atoms with E-state index in [0.717, 1.165) is 25.0 Å². The molecule has 1 saturated heterocycles. The number of ether oxygens (including phenoxy) is 1. The number of rotatable bonds is 7. The quantitative estimate of drug-likeness (QED) is 0.648. The van der Waals surface area contributed by atoms with E-state index < -0.39 is 11.7 Å². The minimum atomic E-state index is -4.33. The largest absolute Gasteiger partial charge is 0.416 e. The first-order valence-corrected chi connectivity index (χ1v) is 9.72. The van der Waals surface area contributed by atoms with Gasteiger partial charge in [-0.3, -0.25) is 4.90 Å². The second-order valence-electron chi connectivity index (χ2n) is 7.51. The van der Waals surface area contributed by atoms with Gasteiger partial charge in [0.2, 0.25) is 0 Å². The maximum absolute atomic E-state index is 13.0. The maximum atomic E-state index is 13.0. The number of halogens is 4. The van der Waals surface area contributed by atoms with Crippen molar-refractivity contribution in [1.29, 1.82) is 0 Å². The van der Waals surface area contributed by atoms with Crippen LogP contribution in [0.1, 0.15) is 31.3 Å². The molecule has 1 aliphatic rings. The summed E-state index contributed by atoms with van der Waals surface area (Å²) < 4.78 is 46.0. The molecule has 0 radical (unpaired) electrons. The van der Waals surface area contributed by atoms with Gasteiger partial charge in [0.1, 0.15) is 0 Å². The van der Waals surface area contributed by atoms with Gasteiger partial charge in [0, 0.05) is 39.0 Å². The predicted molar refractivity (Wildman–Crippen MR) is 110 cm³/mol. The molecule has 1 atom stereocenters. The average molecular weight is 449 g/mol. The van der Waals surface area contributed by atoms with Gasteiger partial charge >= 0.3 is 6.18 Å². The second-order valence-corrected chi connectivity index (χ2v) is 7.51. The van der Waals surface area contributed by atoms with Crippen LogP contribution in [0, 0.1) is 5.92 Å². The Hall–Kier alpha value is -1.91. The highest BCUT2D eigenvalue weighted by Gasteiger charge is 2.33. The molecule has 1 unspecified atom stereocenters. The van der Waals surface area contributed by atoms with Crippen molar-refractivity contribution in [2.45, 2.75) is 32.6 Å². The SMILES string of the molecule is COCCn1nnnc1C(C(C)C)N1CCN(c2cccc(C(F)(F)F)c2)CC1.Cl. The van der Waals surface area contributed by atoms with Gasteiger partial charge in [-0.1, -0.05) is 19.9 Å². The standard InChI is InChI=1S/C19H27F3N6O.ClH/c1-14(2)17(18-23-24-25-28(18)11-12-29-3)27-9-7-26(8-10-27)16-6-4-5-15(13-16)19(20,21)22;/h4-6,13-14,17H,7-12H2,1-3H3;1H. The van der Waals surface area contributed by atoms with Gasteiger partial charge in [0.05, 0.1) is 24.8 Å². The van der Waals surface area contributed by atoms with Crippen molar-refractivity contribution in [3.8, 4) is 0 Å². The lowest BCUT2D eigenvalue weighted by Gasteiger charge is -2.41. The highest BCUT2D eigenvalue weighted by atomic mass is 35.5. The van der Waals surface area contributed by atoms with Gasteiger partial charge in [0.15, 0.2) is 5.82 Å². The van der Waals surface area contributed by atoms with Crippen LogP contribution in [0.2, 0.25) is 0 Å². The summed E-state index contributed by atoms with van der Waals surface area (Å²) in [5.74, 6) is 1.08. The summed E-state index contributed by atoms with van der Waals surface area (Å²) in [6, 6.07) is 5.56. The number of methoxy groups -OCH3 is 1. The van der Waals surface area contributed by atoms with Crippen LogP contribution in [-0.4, -0.2) is 65.0 Å². The van der Waals surface area contributed by atoms with Gasteiger partial charge in [-0.2, -0.15) is 13.2 Å². The molecule has 0 spiro atoms. The fourth-order valence-electron chi connectivity index (χ4n) is 3.78. The Morgan fingerprint density at radius 3 is 2.43 bits per heavy atom. The fourth-order valence-corrected chi connectivity index (χ4v) is 3.78. The third kappa shape index (κ3) is 5.61. The summed E-state index contributed by atoms with van der Waals surface area (Å²) in [7, 11) is 1.64. The summed E-state index contributed by atoms with van der Waals surface area (Å²) in [6.45, 7) is 8.07. The van der Waals surface area contributed by atoms with E-state index in [9.17, 15) is 13.2 Å². The van der Waals surface area contributed by atoms with E-state index in [1.54, 1.807) is 17.9 Å². The molecule has 0 saturated carbocycles. The van der Waals surface area contributed by atoms with Crippen molar-refractivity contribution in [1.82, 2.24) is 25.1 Å². The topological polar surface area (TPSA) is 59.3 Å². The molecule has 3 rings (SSSR count). The number of tetrazole rings is 1. The van der Waals surface area contributed by atoms with Gasteiger partial charge in [-0.15, -0.1) is 17.5 Å². The normalized spacial score (nSPS) is 16.6. The predicted octanol–water partition coefficient (Wildman–Crippen LogP) is 3.28. The van der Waals surface area contributed by atoms with Crippen LogP contribution in [0.4, 0.5) is 18.9 Å². The van der Waals surface area contributed by atoms with Crippen LogP contribution >= 0.6 is 12.4 Å². The lowest BCUT2D eigenvalue weighted by atomic mass is 10.0. The molecular weight excluding hydrogens is 421 g/mol. The number of nitrogens with zero attached hydrogens (tertiary/aromatic N) is 6. The summed E-state index contributed by atoms with van der Waals surface area (Å²) >= 11 is 0. The van der Waals surface area contributed by atoms with Crippen molar-refractivity contribution in [2.75, 3.05) is 44.8 Å². The molecule has 1 fully saturated rings. The van der Waals surface area contributed by atoms with Crippen LogP contribution in [0.25, 0.3) is 0 Å². The number of benzene rings is 1. The first kappa shape index (κ1) is 24.4. The first-order valence-electron chi connectivity index (χ1n) is 9.72. The van der Waals surface area contributed by atoms with Gasteiger partial charge in [-0.05, 0) is 34.5 Å². The molecule has 2 heterocycles. The smallest absolute Gasteiger partial charge is 0.383 e. The Labute approximate surface area is 180 Å². The second kappa shape index (κ2) is 10.4. The average Bonchev–Trinajstić information content (AvgIpc) is 3.14. The highest BCUT2D eigenvalue weighted by molar-refractivity contribution is 5.85. The van der Waals surface area contributed by atoms with E-state index in [1.807, 2.05) is 4.90 Å². The minimum absolute atomic E-state index is 0. The molecule has 2 aromatic rings. The van der Waals surface area contributed by atoms with Crippen LogP contribution in [-0.2, 0) is 17.5 Å². The van der Waals surface area contributed by atoms with Gasteiger partial charge < -0.3 is 9.64 Å². The van der Waals surface area contributed by atoms with E-state index >= 15 is 0 Å². The van der Waals surface area contributed by atoms with Crippen molar-refractivity contribution in [3.05, 3.63) is 35.7 Å². The summed E-state index contributed by atoms with van der Waals surface area (Å²) in [4.78, 5) is 4.31. The van der Waals surface area contributed by atoms with E-state index in [1.165, 1.54) is 12.1 Å². The maximum Gasteiger partial charge on any atom is 0.416 e. The lowest BCUT2D eigenvalue weighted by Crippen LogP contribution is -2.49. The third-order valence-corrected chi connectivity index (χ3v) is 5.21. The molecule has 1 aliphatic heterocycles. The number of piperazine rings is 1. The molecule has 0 N–H and O–H groups in total. The molecule has 0 aliphatic carbocycles. The van der Waals surface area contributed by atoms with Crippen LogP contribution < -0.4 is 4.90 Å². The van der Waals surface area contributed by atoms with Crippen LogP contribution in [0.15, 0.2) is 24.3 Å². The van der Waals surface area contributed by atoms with Crippen molar-refractivity contribution in [3.63, 3.8) is 0 Å². The Bertz CT molecular complexity index is 793. The Morgan fingerprint density at radius 2 is 1.83 bits per heavy atom. The molecular formula is C19H28ClF3N6O. The molecule has 11 heteroatoms. The van der Waals surface area contributed by atoms with Crippen molar-refractivity contribution >= 4 is 18.1 Å².